The lowest BCUT2D eigenvalue weighted by atomic mass is 9.85. The summed E-state index contributed by atoms with van der Waals surface area (Å²) in [6.45, 7) is 3.10. The fraction of sp³-hybridized carbons (Fsp3) is 0.455. The van der Waals surface area contributed by atoms with Crippen molar-refractivity contribution < 1.29 is 23.9 Å². The van der Waals surface area contributed by atoms with Crippen LogP contribution >= 0.6 is 15.9 Å². The van der Waals surface area contributed by atoms with E-state index in [-0.39, 0.29) is 47.2 Å². The third-order valence-electron chi connectivity index (χ3n) is 6.17. The van der Waals surface area contributed by atoms with Crippen LogP contribution in [0.3, 0.4) is 0 Å². The second kappa shape index (κ2) is 7.52. The zero-order chi connectivity index (χ0) is 20.9. The molecular formula is C22H22BrNO5. The molecule has 5 atom stereocenters. The number of ether oxygens (including phenoxy) is 1. The first-order chi connectivity index (χ1) is 13.8. The highest BCUT2D eigenvalue weighted by Gasteiger charge is 2.61. The number of Topliss-reactive ketones (excluding diaryl/α,β-unsaturated/α-hetero) is 1. The topological polar surface area (TPSA) is 80.8 Å². The maximum absolute atomic E-state index is 13.0. The van der Waals surface area contributed by atoms with Gasteiger partial charge in [-0.2, -0.15) is 0 Å². The number of benzene rings is 1. The van der Waals surface area contributed by atoms with E-state index in [1.165, 1.54) is 0 Å². The van der Waals surface area contributed by atoms with Gasteiger partial charge in [0.25, 0.3) is 0 Å². The predicted molar refractivity (Wildman–Crippen MR) is 108 cm³/mol. The molecule has 0 unspecified atom stereocenters. The highest BCUT2D eigenvalue weighted by molar-refractivity contribution is 9.10. The normalized spacial score (nSPS) is 28.2. The van der Waals surface area contributed by atoms with E-state index in [1.54, 1.807) is 38.1 Å². The van der Waals surface area contributed by atoms with Crippen LogP contribution in [0.2, 0.25) is 0 Å². The van der Waals surface area contributed by atoms with Crippen LogP contribution in [0.15, 0.2) is 40.9 Å². The van der Waals surface area contributed by atoms with Gasteiger partial charge < -0.3 is 4.74 Å². The Bertz CT molecular complexity index is 876. The molecule has 0 spiro atoms. The van der Waals surface area contributed by atoms with Crippen LogP contribution in [-0.2, 0) is 19.1 Å². The van der Waals surface area contributed by atoms with Crippen molar-refractivity contribution in [2.45, 2.75) is 26.3 Å². The average Bonchev–Trinajstić information content (AvgIpc) is 3.36. The summed E-state index contributed by atoms with van der Waals surface area (Å²) in [5.74, 6) is -2.52. The summed E-state index contributed by atoms with van der Waals surface area (Å²) < 4.78 is 6.09. The van der Waals surface area contributed by atoms with Crippen LogP contribution in [-0.4, -0.2) is 41.1 Å². The van der Waals surface area contributed by atoms with Gasteiger partial charge in [0.05, 0.1) is 11.8 Å². The number of carbonyl (C=O) groups is 4. The summed E-state index contributed by atoms with van der Waals surface area (Å²) in [6, 6.07) is 5.72. The monoisotopic (exact) mass is 459 g/mol. The van der Waals surface area contributed by atoms with Gasteiger partial charge in [-0.15, -0.1) is 0 Å². The molecular weight excluding hydrogens is 438 g/mol. The third kappa shape index (κ3) is 3.35. The molecule has 1 saturated heterocycles. The van der Waals surface area contributed by atoms with E-state index in [0.29, 0.717) is 5.56 Å². The van der Waals surface area contributed by atoms with E-state index in [9.17, 15) is 19.2 Å². The Morgan fingerprint density at radius 2 is 1.62 bits per heavy atom. The molecule has 0 N–H and O–H groups in total. The van der Waals surface area contributed by atoms with Gasteiger partial charge in [0.15, 0.2) is 12.4 Å². The molecule has 7 heteroatoms. The molecule has 1 heterocycles. The van der Waals surface area contributed by atoms with Gasteiger partial charge in [-0.05, 0) is 36.3 Å². The number of fused-ring (bicyclic) bond motifs is 5. The quantitative estimate of drug-likeness (QED) is 0.282. The Labute approximate surface area is 177 Å². The molecule has 2 aliphatic carbocycles. The molecule has 0 aromatic heterocycles. The summed E-state index contributed by atoms with van der Waals surface area (Å²) in [5.41, 5.74) is 0.424. The number of hydrogen-bond donors (Lipinski definition) is 0. The zero-order valence-corrected chi connectivity index (χ0v) is 17.8. The van der Waals surface area contributed by atoms with E-state index in [4.69, 9.17) is 4.74 Å². The molecule has 1 aromatic rings. The third-order valence-corrected chi connectivity index (χ3v) is 6.70. The van der Waals surface area contributed by atoms with Crippen molar-refractivity contribution in [2.75, 3.05) is 6.61 Å². The van der Waals surface area contributed by atoms with Crippen molar-refractivity contribution in [3.63, 3.8) is 0 Å². The molecule has 6 nitrogen and oxygen atoms in total. The smallest absolute Gasteiger partial charge is 0.330 e. The first-order valence-electron chi connectivity index (χ1n) is 9.80. The van der Waals surface area contributed by atoms with Crippen LogP contribution in [0, 0.1) is 29.6 Å². The number of allylic oxidation sites excluding steroid dienone is 2. The Kier molecular flexibility index (Phi) is 5.19. The molecule has 2 amide bonds. The molecule has 1 saturated carbocycles. The Hall–Kier alpha value is -2.28. The van der Waals surface area contributed by atoms with Crippen molar-refractivity contribution in [1.82, 2.24) is 4.90 Å². The lowest BCUT2D eigenvalue weighted by Gasteiger charge is -2.28. The number of imide groups is 1. The number of amides is 2. The van der Waals surface area contributed by atoms with Crippen LogP contribution < -0.4 is 0 Å². The van der Waals surface area contributed by atoms with Gasteiger partial charge in [0.1, 0.15) is 6.04 Å². The summed E-state index contributed by atoms with van der Waals surface area (Å²) in [5, 5.41) is 0. The molecule has 2 bridgehead atoms. The van der Waals surface area contributed by atoms with E-state index in [1.807, 2.05) is 12.2 Å². The number of rotatable bonds is 6. The number of halogens is 1. The fourth-order valence-corrected chi connectivity index (χ4v) is 5.08. The van der Waals surface area contributed by atoms with Crippen LogP contribution in [0.4, 0.5) is 0 Å². The maximum atomic E-state index is 13.0. The largest absolute Gasteiger partial charge is 0.456 e. The van der Waals surface area contributed by atoms with Gasteiger partial charge in [-0.3, -0.25) is 19.3 Å². The van der Waals surface area contributed by atoms with Crippen molar-refractivity contribution in [1.29, 1.82) is 0 Å². The number of esters is 1. The Morgan fingerprint density at radius 3 is 2.14 bits per heavy atom. The lowest BCUT2D eigenvalue weighted by Crippen LogP contribution is -2.50. The number of ketones is 1. The number of carbonyl (C=O) groups excluding carboxylic acids is 4. The highest BCUT2D eigenvalue weighted by atomic mass is 79.9. The number of nitrogens with zero attached hydrogens (tertiary/aromatic N) is 1. The van der Waals surface area contributed by atoms with Gasteiger partial charge in [0.2, 0.25) is 11.8 Å². The average molecular weight is 460 g/mol. The number of likely N-dealkylation sites (tertiary alicyclic amines) is 1. The van der Waals surface area contributed by atoms with Gasteiger partial charge in [-0.25, -0.2) is 4.79 Å². The minimum absolute atomic E-state index is 0.0780. The molecule has 1 aromatic carbocycles. The minimum atomic E-state index is -1.02. The van der Waals surface area contributed by atoms with Crippen molar-refractivity contribution >= 4 is 39.5 Å². The molecule has 1 aliphatic heterocycles. The van der Waals surface area contributed by atoms with Gasteiger partial charge in [0, 0.05) is 10.0 Å². The zero-order valence-electron chi connectivity index (χ0n) is 16.2. The van der Waals surface area contributed by atoms with E-state index in [2.05, 4.69) is 15.9 Å². The maximum Gasteiger partial charge on any atom is 0.330 e. The molecule has 2 fully saturated rings. The van der Waals surface area contributed by atoms with Crippen molar-refractivity contribution in [2.24, 2.45) is 29.6 Å². The first-order valence-corrected chi connectivity index (χ1v) is 10.6. The van der Waals surface area contributed by atoms with Gasteiger partial charge in [-0.1, -0.05) is 54.1 Å². The minimum Gasteiger partial charge on any atom is -0.456 e. The second-order valence-electron chi connectivity index (χ2n) is 8.27. The molecule has 29 heavy (non-hydrogen) atoms. The molecule has 152 valence electrons. The molecule has 0 radical (unpaired) electrons. The summed E-state index contributed by atoms with van der Waals surface area (Å²) in [7, 11) is 0. The van der Waals surface area contributed by atoms with E-state index >= 15 is 0 Å². The summed E-state index contributed by atoms with van der Waals surface area (Å²) in [6.07, 6.45) is 4.86. The SMILES string of the molecule is CC(C)[C@@H](C(=O)OCC(=O)c1ccc(Br)cc1)N1C(=O)[C@@H]2[C@@H](C1=O)[C@H]1C=C[C@H]2C1. The standard InChI is InChI=1S/C22H22BrNO5/c1-11(2)19(22(28)29-10-16(25)12-5-7-15(23)8-6-12)24-20(26)17-13-3-4-14(9-13)18(17)21(24)27/h3-8,11,13-14,17-19H,9-10H2,1-2H3/t13-,14-,17-,18-,19-/m0/s1. The van der Waals surface area contributed by atoms with Gasteiger partial charge >= 0.3 is 5.97 Å². The lowest BCUT2D eigenvalue weighted by molar-refractivity contribution is -0.160. The number of hydrogen-bond acceptors (Lipinski definition) is 5. The van der Waals surface area contributed by atoms with Crippen LogP contribution in [0.25, 0.3) is 0 Å². The van der Waals surface area contributed by atoms with E-state index < -0.39 is 18.6 Å². The highest BCUT2D eigenvalue weighted by Crippen LogP contribution is 2.53. The fourth-order valence-electron chi connectivity index (χ4n) is 4.82. The second-order valence-corrected chi connectivity index (χ2v) is 9.19. The summed E-state index contributed by atoms with van der Waals surface area (Å²) in [4.78, 5) is 52.3. The van der Waals surface area contributed by atoms with Crippen molar-refractivity contribution in [3.8, 4) is 0 Å². The Balaban J connectivity index is 1.47. The summed E-state index contributed by atoms with van der Waals surface area (Å²) >= 11 is 3.30. The Morgan fingerprint density at radius 1 is 1.07 bits per heavy atom. The molecule has 4 rings (SSSR count). The van der Waals surface area contributed by atoms with Crippen LogP contribution in [0.5, 0.6) is 0 Å². The predicted octanol–water partition coefficient (Wildman–Crippen LogP) is 3.01. The van der Waals surface area contributed by atoms with E-state index in [0.717, 1.165) is 15.8 Å². The first kappa shape index (κ1) is 20.0. The van der Waals surface area contributed by atoms with Crippen molar-refractivity contribution in [3.05, 3.63) is 46.5 Å². The molecule has 3 aliphatic rings. The van der Waals surface area contributed by atoms with Crippen LogP contribution in [0.1, 0.15) is 30.6 Å².